The van der Waals surface area contributed by atoms with Crippen LogP contribution in [-0.2, 0) is 22.4 Å². The van der Waals surface area contributed by atoms with Crippen LogP contribution in [0.5, 0.6) is 0 Å². The van der Waals surface area contributed by atoms with E-state index < -0.39 is 0 Å². The molecule has 1 aliphatic rings. The lowest BCUT2D eigenvalue weighted by atomic mass is 10.1. The first-order valence-electron chi connectivity index (χ1n) is 10.9. The van der Waals surface area contributed by atoms with Crippen molar-refractivity contribution in [3.63, 3.8) is 0 Å². The highest BCUT2D eigenvalue weighted by Crippen LogP contribution is 2.39. The number of aryl methyl sites for hydroxylation is 1. The van der Waals surface area contributed by atoms with Crippen LogP contribution < -0.4 is 16.0 Å². The van der Waals surface area contributed by atoms with Gasteiger partial charge in [0.2, 0.25) is 17.8 Å². The molecule has 3 heterocycles. The molecule has 0 saturated carbocycles. The molecule has 0 fully saturated rings. The molecule has 0 aliphatic heterocycles. The van der Waals surface area contributed by atoms with Crippen molar-refractivity contribution in [3.8, 4) is 0 Å². The number of hydrogen-bond donors (Lipinski definition) is 3. The summed E-state index contributed by atoms with van der Waals surface area (Å²) in [5.41, 5.74) is 1.51. The molecule has 3 N–H and O–H groups in total. The number of anilines is 3. The highest BCUT2D eigenvalue weighted by molar-refractivity contribution is 7.99. The van der Waals surface area contributed by atoms with Crippen molar-refractivity contribution in [1.29, 1.82) is 0 Å². The number of thioether (sulfide) groups is 1. The predicted molar refractivity (Wildman–Crippen MR) is 129 cm³/mol. The van der Waals surface area contributed by atoms with Crippen molar-refractivity contribution in [3.05, 3.63) is 16.0 Å². The first-order chi connectivity index (χ1) is 16.0. The number of rotatable bonds is 10. The van der Waals surface area contributed by atoms with Gasteiger partial charge < -0.3 is 20.7 Å². The Labute approximate surface area is 199 Å². The van der Waals surface area contributed by atoms with Gasteiger partial charge in [0.1, 0.15) is 5.00 Å². The SMILES string of the molecule is CCNc1nc(NCC)n2c(SCC(=O)Nc3sc4c(c3C(=O)OCC)CCC4)nnc2n1. The van der Waals surface area contributed by atoms with Crippen LogP contribution in [0.25, 0.3) is 5.78 Å². The second kappa shape index (κ2) is 10.3. The van der Waals surface area contributed by atoms with Gasteiger partial charge in [-0.25, -0.2) is 9.20 Å². The first-order valence-corrected chi connectivity index (χ1v) is 12.7. The Morgan fingerprint density at radius 3 is 2.70 bits per heavy atom. The quantitative estimate of drug-likeness (QED) is 0.287. The Morgan fingerprint density at radius 1 is 1.12 bits per heavy atom. The summed E-state index contributed by atoms with van der Waals surface area (Å²) >= 11 is 2.68. The lowest BCUT2D eigenvalue weighted by Gasteiger charge is -2.10. The van der Waals surface area contributed by atoms with Gasteiger partial charge in [-0.3, -0.25) is 4.79 Å². The van der Waals surface area contributed by atoms with Crippen LogP contribution in [0.3, 0.4) is 0 Å². The summed E-state index contributed by atoms with van der Waals surface area (Å²) in [7, 11) is 0. The summed E-state index contributed by atoms with van der Waals surface area (Å²) in [6.45, 7) is 7.32. The number of carbonyl (C=O) groups excluding carboxylic acids is 2. The fourth-order valence-corrected chi connectivity index (χ4v) is 5.62. The van der Waals surface area contributed by atoms with Crippen LogP contribution >= 0.6 is 23.1 Å². The van der Waals surface area contributed by atoms with Crippen molar-refractivity contribution in [2.24, 2.45) is 0 Å². The Morgan fingerprint density at radius 2 is 1.94 bits per heavy atom. The Kier molecular flexibility index (Phi) is 7.28. The van der Waals surface area contributed by atoms with Gasteiger partial charge in [0.05, 0.1) is 17.9 Å². The molecule has 13 heteroatoms. The van der Waals surface area contributed by atoms with Crippen molar-refractivity contribution < 1.29 is 14.3 Å². The van der Waals surface area contributed by atoms with Gasteiger partial charge in [0.25, 0.3) is 5.78 Å². The minimum Gasteiger partial charge on any atom is -0.462 e. The number of hydrogen-bond acceptors (Lipinski definition) is 11. The zero-order chi connectivity index (χ0) is 23.4. The molecule has 11 nitrogen and oxygen atoms in total. The van der Waals surface area contributed by atoms with E-state index in [0.29, 0.717) is 53.1 Å². The van der Waals surface area contributed by atoms with E-state index in [-0.39, 0.29) is 17.6 Å². The van der Waals surface area contributed by atoms with Gasteiger partial charge in [0, 0.05) is 18.0 Å². The van der Waals surface area contributed by atoms with Crippen LogP contribution in [0.2, 0.25) is 0 Å². The lowest BCUT2D eigenvalue weighted by Crippen LogP contribution is -2.17. The zero-order valence-electron chi connectivity index (χ0n) is 18.7. The van der Waals surface area contributed by atoms with Crippen LogP contribution in [0, 0.1) is 0 Å². The Hall–Kier alpha value is -2.93. The van der Waals surface area contributed by atoms with E-state index in [0.717, 1.165) is 29.7 Å². The van der Waals surface area contributed by atoms with E-state index in [2.05, 4.69) is 36.1 Å². The van der Waals surface area contributed by atoms with Crippen molar-refractivity contribution in [2.75, 3.05) is 41.4 Å². The molecule has 1 amide bonds. The smallest absolute Gasteiger partial charge is 0.341 e. The number of thiophene rings is 1. The number of carbonyl (C=O) groups is 2. The molecule has 0 unspecified atom stereocenters. The number of nitrogens with zero attached hydrogens (tertiary/aromatic N) is 5. The first kappa shape index (κ1) is 23.2. The van der Waals surface area contributed by atoms with E-state index in [1.54, 1.807) is 11.3 Å². The highest BCUT2D eigenvalue weighted by Gasteiger charge is 2.28. The molecule has 0 saturated heterocycles. The number of amides is 1. The van der Waals surface area contributed by atoms with Crippen molar-refractivity contribution in [2.45, 2.75) is 45.2 Å². The van der Waals surface area contributed by atoms with Gasteiger partial charge in [-0.1, -0.05) is 11.8 Å². The third kappa shape index (κ3) is 4.88. The molecule has 1 aliphatic carbocycles. The minimum absolute atomic E-state index is 0.0894. The summed E-state index contributed by atoms with van der Waals surface area (Å²) < 4.78 is 6.91. The lowest BCUT2D eigenvalue weighted by molar-refractivity contribution is -0.113. The number of aromatic nitrogens is 5. The second-order valence-electron chi connectivity index (χ2n) is 7.17. The number of fused-ring (bicyclic) bond motifs is 2. The third-order valence-corrected chi connectivity index (χ3v) is 7.04. The molecule has 4 rings (SSSR count). The van der Waals surface area contributed by atoms with E-state index in [1.165, 1.54) is 23.1 Å². The van der Waals surface area contributed by atoms with Gasteiger partial charge >= 0.3 is 5.97 Å². The van der Waals surface area contributed by atoms with Crippen molar-refractivity contribution >= 4 is 57.7 Å². The number of esters is 1. The topological polar surface area (TPSA) is 135 Å². The van der Waals surface area contributed by atoms with Crippen LogP contribution in [0.15, 0.2) is 5.16 Å². The predicted octanol–water partition coefficient (Wildman–Crippen LogP) is 2.84. The third-order valence-electron chi connectivity index (χ3n) is 4.90. The molecule has 0 atom stereocenters. The Balaban J connectivity index is 1.50. The standard InChI is InChI=1S/C20H26N8O3S2/c1-4-21-17-24-18(22-5-2)28-19(25-17)26-27-20(28)32-10-13(29)23-15-14(16(30)31-6-3)11-8-7-9-12(11)33-15/h4-10H2,1-3H3,(H,23,29)(H2,21,22,24,25,26). The zero-order valence-corrected chi connectivity index (χ0v) is 20.4. The summed E-state index contributed by atoms with van der Waals surface area (Å²) in [5, 5.41) is 18.5. The van der Waals surface area contributed by atoms with Gasteiger partial charge in [-0.05, 0) is 45.6 Å². The van der Waals surface area contributed by atoms with E-state index in [1.807, 2.05) is 13.8 Å². The molecule has 0 aromatic carbocycles. The molecule has 0 radical (unpaired) electrons. The molecule has 0 bridgehead atoms. The largest absolute Gasteiger partial charge is 0.462 e. The van der Waals surface area contributed by atoms with Crippen LogP contribution in [0.1, 0.15) is 48.0 Å². The van der Waals surface area contributed by atoms with Crippen LogP contribution in [-0.4, -0.2) is 61.9 Å². The number of nitrogens with one attached hydrogen (secondary N) is 3. The highest BCUT2D eigenvalue weighted by atomic mass is 32.2. The average molecular weight is 491 g/mol. The normalized spacial score (nSPS) is 12.6. The van der Waals surface area contributed by atoms with Crippen molar-refractivity contribution in [1.82, 2.24) is 24.6 Å². The maximum atomic E-state index is 12.8. The second-order valence-corrected chi connectivity index (χ2v) is 9.22. The number of ether oxygens (including phenoxy) is 1. The summed E-state index contributed by atoms with van der Waals surface area (Å²) in [6, 6.07) is 0. The minimum atomic E-state index is -0.382. The molecular weight excluding hydrogens is 464 g/mol. The van der Waals surface area contributed by atoms with Gasteiger partial charge in [-0.2, -0.15) is 9.97 Å². The van der Waals surface area contributed by atoms with Crippen LogP contribution in [0.4, 0.5) is 16.9 Å². The summed E-state index contributed by atoms with van der Waals surface area (Å²) in [6.07, 6.45) is 2.77. The summed E-state index contributed by atoms with van der Waals surface area (Å²) in [4.78, 5) is 35.3. The monoisotopic (exact) mass is 490 g/mol. The maximum absolute atomic E-state index is 12.8. The van der Waals surface area contributed by atoms with E-state index >= 15 is 0 Å². The Bertz CT molecular complexity index is 1180. The average Bonchev–Trinajstić information content (AvgIpc) is 3.47. The molecule has 176 valence electrons. The molecule has 33 heavy (non-hydrogen) atoms. The van der Waals surface area contributed by atoms with Gasteiger partial charge in [-0.15, -0.1) is 21.5 Å². The van der Waals surface area contributed by atoms with E-state index in [9.17, 15) is 9.59 Å². The fraction of sp³-hybridized carbons (Fsp3) is 0.500. The maximum Gasteiger partial charge on any atom is 0.341 e. The summed E-state index contributed by atoms with van der Waals surface area (Å²) in [5.74, 6) is 0.862. The van der Waals surface area contributed by atoms with E-state index in [4.69, 9.17) is 4.74 Å². The molecule has 0 spiro atoms. The molecule has 3 aromatic heterocycles. The van der Waals surface area contributed by atoms with Gasteiger partial charge in [0.15, 0.2) is 5.16 Å². The fourth-order valence-electron chi connectivity index (χ4n) is 3.60. The molecule has 3 aromatic rings. The molecular formula is C20H26N8O3S2.